The molecule has 0 saturated heterocycles. The Hall–Kier alpha value is -2.22. The van der Waals surface area contributed by atoms with Crippen LogP contribution >= 0.6 is 0 Å². The Morgan fingerprint density at radius 1 is 0.706 bits per heavy atom. The van der Waals surface area contributed by atoms with Crippen molar-refractivity contribution in [3.8, 4) is 11.5 Å². The van der Waals surface area contributed by atoms with Gasteiger partial charge in [-0.3, -0.25) is 0 Å². The predicted octanol–water partition coefficient (Wildman–Crippen LogP) is 3.71. The SMILES string of the molecule is Cc1ccc2c(O)c3ccccc3c(O)c2c1. The fourth-order valence-corrected chi connectivity index (χ4v) is 2.25. The maximum Gasteiger partial charge on any atom is 0.131 e. The molecule has 84 valence electrons. The van der Waals surface area contributed by atoms with Gasteiger partial charge < -0.3 is 10.2 Å². The van der Waals surface area contributed by atoms with Gasteiger partial charge >= 0.3 is 0 Å². The zero-order chi connectivity index (χ0) is 12.0. The largest absolute Gasteiger partial charge is 0.507 e. The van der Waals surface area contributed by atoms with Crippen molar-refractivity contribution in [1.82, 2.24) is 0 Å². The first kappa shape index (κ1) is 9.97. The zero-order valence-electron chi connectivity index (χ0n) is 9.44. The molecule has 0 aliphatic carbocycles. The lowest BCUT2D eigenvalue weighted by Crippen LogP contribution is -1.82. The van der Waals surface area contributed by atoms with Crippen LogP contribution in [0.25, 0.3) is 21.5 Å². The van der Waals surface area contributed by atoms with Crippen molar-refractivity contribution < 1.29 is 10.2 Å². The van der Waals surface area contributed by atoms with Crippen LogP contribution in [0.2, 0.25) is 0 Å². The van der Waals surface area contributed by atoms with Gasteiger partial charge in [-0.25, -0.2) is 0 Å². The van der Waals surface area contributed by atoms with Crippen molar-refractivity contribution in [2.24, 2.45) is 0 Å². The quantitative estimate of drug-likeness (QED) is 0.451. The third kappa shape index (κ3) is 1.34. The number of aromatic hydroxyl groups is 2. The van der Waals surface area contributed by atoms with Crippen LogP contribution in [0.15, 0.2) is 42.5 Å². The fraction of sp³-hybridized carbons (Fsp3) is 0.0667. The average Bonchev–Trinajstić information content (AvgIpc) is 2.36. The first-order valence-electron chi connectivity index (χ1n) is 5.51. The highest BCUT2D eigenvalue weighted by molar-refractivity contribution is 6.10. The number of hydrogen-bond donors (Lipinski definition) is 2. The second-order valence-corrected chi connectivity index (χ2v) is 4.29. The van der Waals surface area contributed by atoms with Gasteiger partial charge in [-0.2, -0.15) is 0 Å². The van der Waals surface area contributed by atoms with Gasteiger partial charge in [0.05, 0.1) is 0 Å². The van der Waals surface area contributed by atoms with Gasteiger partial charge in [-0.1, -0.05) is 42.0 Å². The normalized spacial score (nSPS) is 11.1. The summed E-state index contributed by atoms with van der Waals surface area (Å²) < 4.78 is 0. The van der Waals surface area contributed by atoms with Gasteiger partial charge in [0, 0.05) is 21.5 Å². The highest BCUT2D eigenvalue weighted by Crippen LogP contribution is 2.41. The molecule has 17 heavy (non-hydrogen) atoms. The second-order valence-electron chi connectivity index (χ2n) is 4.29. The van der Waals surface area contributed by atoms with E-state index in [9.17, 15) is 10.2 Å². The topological polar surface area (TPSA) is 40.5 Å². The van der Waals surface area contributed by atoms with Crippen molar-refractivity contribution >= 4 is 21.5 Å². The first-order chi connectivity index (χ1) is 8.18. The van der Waals surface area contributed by atoms with Crippen molar-refractivity contribution in [2.75, 3.05) is 0 Å². The van der Waals surface area contributed by atoms with Crippen LogP contribution in [-0.2, 0) is 0 Å². The Kier molecular flexibility index (Phi) is 1.99. The molecule has 0 saturated carbocycles. The molecular formula is C15H12O2. The van der Waals surface area contributed by atoms with Crippen LogP contribution in [0, 0.1) is 6.92 Å². The van der Waals surface area contributed by atoms with Gasteiger partial charge in [0.1, 0.15) is 11.5 Å². The Morgan fingerprint density at radius 2 is 1.24 bits per heavy atom. The van der Waals surface area contributed by atoms with Crippen LogP contribution in [0.5, 0.6) is 11.5 Å². The molecule has 2 N–H and O–H groups in total. The van der Waals surface area contributed by atoms with E-state index < -0.39 is 0 Å². The van der Waals surface area contributed by atoms with E-state index in [0.717, 1.165) is 5.56 Å². The van der Waals surface area contributed by atoms with Crippen LogP contribution in [-0.4, -0.2) is 10.2 Å². The molecule has 0 fully saturated rings. The number of rotatable bonds is 0. The molecule has 2 heteroatoms. The van der Waals surface area contributed by atoms with E-state index in [4.69, 9.17) is 0 Å². The Bertz CT molecular complexity index is 730. The fourth-order valence-electron chi connectivity index (χ4n) is 2.25. The standard InChI is InChI=1S/C15H12O2/c1-9-6-7-12-13(8-9)15(17)11-5-3-2-4-10(11)14(12)16/h2-8,16-17H,1H3. The van der Waals surface area contributed by atoms with Crippen molar-refractivity contribution in [2.45, 2.75) is 6.92 Å². The molecule has 0 atom stereocenters. The maximum absolute atomic E-state index is 10.2. The van der Waals surface area contributed by atoms with Gasteiger partial charge in [0.15, 0.2) is 0 Å². The van der Waals surface area contributed by atoms with Crippen molar-refractivity contribution in [3.63, 3.8) is 0 Å². The van der Waals surface area contributed by atoms with Gasteiger partial charge in [-0.15, -0.1) is 0 Å². The molecule has 0 heterocycles. The molecule has 0 spiro atoms. The van der Waals surface area contributed by atoms with Gasteiger partial charge in [0.2, 0.25) is 0 Å². The lowest BCUT2D eigenvalue weighted by atomic mass is 9.99. The van der Waals surface area contributed by atoms with Crippen molar-refractivity contribution in [3.05, 3.63) is 48.0 Å². The molecule has 2 nitrogen and oxygen atoms in total. The number of phenolic OH excluding ortho intramolecular Hbond substituents is 2. The highest BCUT2D eigenvalue weighted by Gasteiger charge is 2.11. The smallest absolute Gasteiger partial charge is 0.131 e. The molecule has 0 radical (unpaired) electrons. The van der Waals surface area contributed by atoms with E-state index in [0.29, 0.717) is 21.5 Å². The molecule has 3 rings (SSSR count). The van der Waals surface area contributed by atoms with Crippen LogP contribution in [0.3, 0.4) is 0 Å². The van der Waals surface area contributed by atoms with Crippen LogP contribution in [0.4, 0.5) is 0 Å². The van der Waals surface area contributed by atoms with Gasteiger partial charge in [0.25, 0.3) is 0 Å². The lowest BCUT2D eigenvalue weighted by Gasteiger charge is -2.09. The minimum atomic E-state index is 0.230. The monoisotopic (exact) mass is 224 g/mol. The molecule has 0 aliphatic heterocycles. The summed E-state index contributed by atoms with van der Waals surface area (Å²) in [5.41, 5.74) is 1.06. The van der Waals surface area contributed by atoms with Crippen molar-refractivity contribution in [1.29, 1.82) is 0 Å². The van der Waals surface area contributed by atoms with Crippen LogP contribution in [0.1, 0.15) is 5.56 Å². The van der Waals surface area contributed by atoms with E-state index in [1.807, 2.05) is 49.4 Å². The average molecular weight is 224 g/mol. The molecule has 0 amide bonds. The maximum atomic E-state index is 10.2. The van der Waals surface area contributed by atoms with E-state index in [2.05, 4.69) is 0 Å². The molecule has 0 aromatic heterocycles. The first-order valence-corrected chi connectivity index (χ1v) is 5.51. The van der Waals surface area contributed by atoms with E-state index in [1.54, 1.807) is 0 Å². The summed E-state index contributed by atoms with van der Waals surface area (Å²) in [6, 6.07) is 13.0. The predicted molar refractivity (Wildman–Crippen MR) is 69.5 cm³/mol. The lowest BCUT2D eigenvalue weighted by molar-refractivity contribution is 0.478. The zero-order valence-corrected chi connectivity index (χ0v) is 9.44. The summed E-state index contributed by atoms with van der Waals surface area (Å²) in [5.74, 6) is 0.463. The van der Waals surface area contributed by atoms with Gasteiger partial charge in [-0.05, 0) is 13.0 Å². The Labute approximate surface area is 98.7 Å². The summed E-state index contributed by atoms with van der Waals surface area (Å²) in [4.78, 5) is 0. The molecule has 0 bridgehead atoms. The Balaban J connectivity index is 2.63. The minimum Gasteiger partial charge on any atom is -0.507 e. The summed E-state index contributed by atoms with van der Waals surface area (Å²) in [5, 5.41) is 23.2. The molecule has 3 aromatic carbocycles. The minimum absolute atomic E-state index is 0.230. The highest BCUT2D eigenvalue weighted by atomic mass is 16.3. The number of fused-ring (bicyclic) bond motifs is 2. The number of phenols is 2. The van der Waals surface area contributed by atoms with E-state index in [-0.39, 0.29) is 11.5 Å². The molecular weight excluding hydrogens is 212 g/mol. The summed E-state index contributed by atoms with van der Waals surface area (Å²) in [6.07, 6.45) is 0. The Morgan fingerprint density at radius 3 is 1.88 bits per heavy atom. The third-order valence-corrected chi connectivity index (χ3v) is 3.12. The van der Waals surface area contributed by atoms with E-state index in [1.165, 1.54) is 0 Å². The number of hydrogen-bond acceptors (Lipinski definition) is 2. The van der Waals surface area contributed by atoms with E-state index >= 15 is 0 Å². The molecule has 0 aliphatic rings. The second kappa shape index (κ2) is 3.39. The molecule has 3 aromatic rings. The third-order valence-electron chi connectivity index (χ3n) is 3.12. The number of benzene rings is 3. The molecule has 0 unspecified atom stereocenters. The summed E-state index contributed by atoms with van der Waals surface area (Å²) in [6.45, 7) is 1.96. The number of aryl methyl sites for hydroxylation is 1. The summed E-state index contributed by atoms with van der Waals surface area (Å²) >= 11 is 0. The summed E-state index contributed by atoms with van der Waals surface area (Å²) in [7, 11) is 0. The van der Waals surface area contributed by atoms with Crippen LogP contribution < -0.4 is 0 Å².